The molecule has 0 bridgehead atoms. The van der Waals surface area contributed by atoms with E-state index in [1.165, 1.54) is 0 Å². The quantitative estimate of drug-likeness (QED) is 0.302. The molecule has 19 heavy (non-hydrogen) atoms. The van der Waals surface area contributed by atoms with Gasteiger partial charge >= 0.3 is 0 Å². The van der Waals surface area contributed by atoms with Gasteiger partial charge in [0.05, 0.1) is 13.2 Å². The van der Waals surface area contributed by atoms with E-state index in [-0.39, 0.29) is 0 Å². The lowest BCUT2D eigenvalue weighted by atomic mass is 10.1. The summed E-state index contributed by atoms with van der Waals surface area (Å²) in [5, 5.41) is 56.2. The number of aliphatic hydroxyl groups is 6. The molecule has 2 saturated heterocycles. The molecule has 0 aromatic carbocycles. The molecule has 0 aromatic heterocycles. The molecule has 0 saturated carbocycles. The Labute approximate surface area is 108 Å². The van der Waals surface area contributed by atoms with E-state index >= 15 is 0 Å². The SMILES string of the molecule is OCC1OC(OC2C(O)OC(CO)C2O)C(O)C1O. The fourth-order valence-corrected chi connectivity index (χ4v) is 2.15. The molecule has 112 valence electrons. The summed E-state index contributed by atoms with van der Waals surface area (Å²) in [6.45, 7) is -1.02. The van der Waals surface area contributed by atoms with Crippen molar-refractivity contribution in [3.63, 3.8) is 0 Å². The lowest BCUT2D eigenvalue weighted by molar-refractivity contribution is -0.236. The van der Waals surface area contributed by atoms with Gasteiger partial charge in [-0.15, -0.1) is 0 Å². The van der Waals surface area contributed by atoms with Crippen molar-refractivity contribution < 1.29 is 44.8 Å². The van der Waals surface area contributed by atoms with E-state index in [1.54, 1.807) is 0 Å². The van der Waals surface area contributed by atoms with Gasteiger partial charge in [0, 0.05) is 0 Å². The van der Waals surface area contributed by atoms with Gasteiger partial charge in [-0.05, 0) is 0 Å². The zero-order valence-corrected chi connectivity index (χ0v) is 9.94. The topological polar surface area (TPSA) is 149 Å². The van der Waals surface area contributed by atoms with Gasteiger partial charge in [-0.1, -0.05) is 0 Å². The second-order valence-corrected chi connectivity index (χ2v) is 4.55. The van der Waals surface area contributed by atoms with Crippen molar-refractivity contribution in [1.82, 2.24) is 0 Å². The Kier molecular flexibility index (Phi) is 4.71. The van der Waals surface area contributed by atoms with E-state index in [0.29, 0.717) is 0 Å². The molecule has 2 aliphatic heterocycles. The third kappa shape index (κ3) is 2.75. The van der Waals surface area contributed by atoms with Crippen LogP contribution in [0.1, 0.15) is 0 Å². The molecule has 2 fully saturated rings. The van der Waals surface area contributed by atoms with Gasteiger partial charge in [0.1, 0.15) is 36.6 Å². The molecule has 0 spiro atoms. The molecule has 0 radical (unpaired) electrons. The first-order chi connectivity index (χ1) is 8.99. The summed E-state index contributed by atoms with van der Waals surface area (Å²) < 4.78 is 15.1. The van der Waals surface area contributed by atoms with Crippen molar-refractivity contribution in [3.05, 3.63) is 0 Å². The zero-order chi connectivity index (χ0) is 14.2. The second-order valence-electron chi connectivity index (χ2n) is 4.55. The van der Waals surface area contributed by atoms with E-state index in [9.17, 15) is 20.4 Å². The molecule has 8 atom stereocenters. The van der Waals surface area contributed by atoms with Crippen LogP contribution in [0.4, 0.5) is 0 Å². The average Bonchev–Trinajstić information content (AvgIpc) is 2.83. The van der Waals surface area contributed by atoms with Crippen LogP contribution in [-0.4, -0.2) is 93.1 Å². The number of ether oxygens (including phenoxy) is 3. The standard InChI is InChI=1S/C10H18O9/c11-1-3-5(13)7(15)10(18-3)19-8-6(14)4(2-12)17-9(8)16/h3-16H,1-2H2. The number of aliphatic hydroxyl groups excluding tert-OH is 6. The van der Waals surface area contributed by atoms with Crippen LogP contribution >= 0.6 is 0 Å². The maximum absolute atomic E-state index is 9.74. The van der Waals surface area contributed by atoms with E-state index in [4.69, 9.17) is 24.4 Å². The molecule has 0 aliphatic carbocycles. The maximum Gasteiger partial charge on any atom is 0.187 e. The van der Waals surface area contributed by atoms with Gasteiger partial charge in [0.15, 0.2) is 12.6 Å². The van der Waals surface area contributed by atoms with E-state index in [0.717, 1.165) is 0 Å². The highest BCUT2D eigenvalue weighted by atomic mass is 16.7. The minimum Gasteiger partial charge on any atom is -0.394 e. The van der Waals surface area contributed by atoms with Gasteiger partial charge in [-0.25, -0.2) is 0 Å². The molecule has 9 heteroatoms. The highest BCUT2D eigenvalue weighted by molar-refractivity contribution is 4.91. The summed E-state index contributed by atoms with van der Waals surface area (Å²) >= 11 is 0. The fraction of sp³-hybridized carbons (Fsp3) is 1.00. The first-order valence-electron chi connectivity index (χ1n) is 5.90. The van der Waals surface area contributed by atoms with E-state index < -0.39 is 62.4 Å². The van der Waals surface area contributed by atoms with Crippen LogP contribution in [0, 0.1) is 0 Å². The Hall–Kier alpha value is -0.360. The molecular weight excluding hydrogens is 264 g/mol. The Bertz CT molecular complexity index is 301. The summed E-state index contributed by atoms with van der Waals surface area (Å²) in [5.74, 6) is 0. The molecule has 0 aromatic rings. The molecule has 2 heterocycles. The Morgan fingerprint density at radius 2 is 1.37 bits per heavy atom. The van der Waals surface area contributed by atoms with Crippen LogP contribution in [0.2, 0.25) is 0 Å². The number of hydrogen-bond acceptors (Lipinski definition) is 9. The monoisotopic (exact) mass is 282 g/mol. The Balaban J connectivity index is 1.98. The highest BCUT2D eigenvalue weighted by Crippen LogP contribution is 2.28. The van der Waals surface area contributed by atoms with Crippen molar-refractivity contribution >= 4 is 0 Å². The third-order valence-electron chi connectivity index (χ3n) is 3.28. The van der Waals surface area contributed by atoms with Crippen LogP contribution in [0.5, 0.6) is 0 Å². The maximum atomic E-state index is 9.74. The third-order valence-corrected chi connectivity index (χ3v) is 3.28. The lowest BCUT2D eigenvalue weighted by Gasteiger charge is -2.23. The second kappa shape index (κ2) is 5.95. The predicted octanol–water partition coefficient (Wildman–Crippen LogP) is -4.12. The Morgan fingerprint density at radius 1 is 0.789 bits per heavy atom. The summed E-state index contributed by atoms with van der Waals surface area (Å²) in [6, 6.07) is 0. The average molecular weight is 282 g/mol. The van der Waals surface area contributed by atoms with E-state index in [2.05, 4.69) is 0 Å². The molecule has 2 aliphatic rings. The summed E-state index contributed by atoms with van der Waals surface area (Å²) in [7, 11) is 0. The molecule has 8 unspecified atom stereocenters. The largest absolute Gasteiger partial charge is 0.394 e. The minimum atomic E-state index is -1.49. The van der Waals surface area contributed by atoms with Crippen molar-refractivity contribution in [2.24, 2.45) is 0 Å². The van der Waals surface area contributed by atoms with Gasteiger partial charge in [0.25, 0.3) is 0 Å². The fourth-order valence-electron chi connectivity index (χ4n) is 2.15. The van der Waals surface area contributed by atoms with E-state index in [1.807, 2.05) is 0 Å². The predicted molar refractivity (Wildman–Crippen MR) is 56.6 cm³/mol. The zero-order valence-electron chi connectivity index (χ0n) is 9.94. The lowest BCUT2D eigenvalue weighted by Crippen LogP contribution is -2.42. The number of hydrogen-bond donors (Lipinski definition) is 6. The van der Waals surface area contributed by atoms with Crippen LogP contribution < -0.4 is 0 Å². The van der Waals surface area contributed by atoms with Crippen molar-refractivity contribution in [2.75, 3.05) is 13.2 Å². The normalized spacial score (nSPS) is 50.8. The molecule has 6 N–H and O–H groups in total. The Morgan fingerprint density at radius 3 is 1.84 bits per heavy atom. The summed E-state index contributed by atoms with van der Waals surface area (Å²) in [5.41, 5.74) is 0. The minimum absolute atomic E-state index is 0.506. The van der Waals surface area contributed by atoms with Gasteiger partial charge in [-0.2, -0.15) is 0 Å². The van der Waals surface area contributed by atoms with Gasteiger partial charge < -0.3 is 44.8 Å². The van der Waals surface area contributed by atoms with Crippen LogP contribution in [-0.2, 0) is 14.2 Å². The summed E-state index contributed by atoms with van der Waals surface area (Å²) in [6.07, 6.45) is -10.1. The molecule has 2 rings (SSSR count). The first kappa shape index (κ1) is 15.0. The van der Waals surface area contributed by atoms with Crippen LogP contribution in [0.25, 0.3) is 0 Å². The smallest absolute Gasteiger partial charge is 0.187 e. The van der Waals surface area contributed by atoms with Crippen LogP contribution in [0.15, 0.2) is 0 Å². The first-order valence-corrected chi connectivity index (χ1v) is 5.90. The van der Waals surface area contributed by atoms with Crippen molar-refractivity contribution in [2.45, 2.75) is 49.2 Å². The highest BCUT2D eigenvalue weighted by Gasteiger charge is 2.49. The van der Waals surface area contributed by atoms with Crippen LogP contribution in [0.3, 0.4) is 0 Å². The van der Waals surface area contributed by atoms with Gasteiger partial charge in [-0.3, -0.25) is 0 Å². The molecule has 9 nitrogen and oxygen atoms in total. The molecule has 0 amide bonds. The van der Waals surface area contributed by atoms with Crippen molar-refractivity contribution in [3.8, 4) is 0 Å². The van der Waals surface area contributed by atoms with Crippen molar-refractivity contribution in [1.29, 1.82) is 0 Å². The number of rotatable bonds is 4. The van der Waals surface area contributed by atoms with Gasteiger partial charge in [0.2, 0.25) is 0 Å². The molecular formula is C10H18O9. The summed E-state index contributed by atoms with van der Waals surface area (Å²) in [4.78, 5) is 0.